The van der Waals surface area contributed by atoms with Gasteiger partial charge in [0.2, 0.25) is 0 Å². The molecule has 5 nitrogen and oxygen atoms in total. The summed E-state index contributed by atoms with van der Waals surface area (Å²) in [5.74, 6) is 0.999. The molecule has 2 heterocycles. The average molecular weight is 514 g/mol. The topological polar surface area (TPSA) is 42.9 Å². The van der Waals surface area contributed by atoms with Gasteiger partial charge in [0, 0.05) is 37.8 Å². The van der Waals surface area contributed by atoms with Crippen molar-refractivity contribution < 1.29 is 0 Å². The Labute approximate surface area is 194 Å². The Morgan fingerprint density at radius 3 is 2.59 bits per heavy atom. The third kappa shape index (κ3) is 7.40. The van der Waals surface area contributed by atoms with E-state index in [9.17, 15) is 0 Å². The number of hydrogen-bond acceptors (Lipinski definition) is 3. The number of hydrogen-bond donors (Lipinski definition) is 2. The number of aliphatic imine (C=N–C) groups is 1. The maximum atomic E-state index is 4.94. The summed E-state index contributed by atoms with van der Waals surface area (Å²) in [5, 5.41) is 7.18. The quantitative estimate of drug-likeness (QED) is 0.332. The fourth-order valence-electron chi connectivity index (χ4n) is 4.63. The van der Waals surface area contributed by atoms with Crippen LogP contribution in [0.15, 0.2) is 35.3 Å². The van der Waals surface area contributed by atoms with E-state index in [2.05, 4.69) is 71.5 Å². The lowest BCUT2D eigenvalue weighted by Crippen LogP contribution is -2.51. The number of likely N-dealkylation sites (N-methyl/N-ethyl adjacent to an activating group) is 1. The van der Waals surface area contributed by atoms with Crippen molar-refractivity contribution in [2.24, 2.45) is 4.99 Å². The zero-order valence-electron chi connectivity index (χ0n) is 18.4. The van der Waals surface area contributed by atoms with E-state index in [1.165, 1.54) is 37.8 Å². The fraction of sp³-hybridized carbons (Fsp3) is 0.696. The summed E-state index contributed by atoms with van der Waals surface area (Å²) >= 11 is 0. The van der Waals surface area contributed by atoms with Crippen molar-refractivity contribution >= 4 is 29.9 Å². The first-order valence-electron chi connectivity index (χ1n) is 11.3. The number of piperidine rings is 1. The Kier molecular flexibility index (Phi) is 10.7. The molecule has 0 aromatic heterocycles. The maximum Gasteiger partial charge on any atom is 0.191 e. The van der Waals surface area contributed by atoms with Crippen LogP contribution in [0, 0.1) is 0 Å². The highest BCUT2D eigenvalue weighted by molar-refractivity contribution is 14.0. The summed E-state index contributed by atoms with van der Waals surface area (Å²) in [7, 11) is 0. The Morgan fingerprint density at radius 1 is 1.10 bits per heavy atom. The fourth-order valence-corrected chi connectivity index (χ4v) is 4.63. The van der Waals surface area contributed by atoms with Gasteiger partial charge >= 0.3 is 0 Å². The van der Waals surface area contributed by atoms with Gasteiger partial charge in [-0.1, -0.05) is 37.3 Å². The minimum atomic E-state index is 0. The predicted molar refractivity (Wildman–Crippen MR) is 134 cm³/mol. The van der Waals surface area contributed by atoms with Crippen LogP contribution in [-0.2, 0) is 6.54 Å². The van der Waals surface area contributed by atoms with E-state index in [0.717, 1.165) is 38.7 Å². The monoisotopic (exact) mass is 513 g/mol. The highest BCUT2D eigenvalue weighted by Crippen LogP contribution is 2.20. The molecule has 3 rings (SSSR count). The van der Waals surface area contributed by atoms with Crippen LogP contribution in [0.25, 0.3) is 0 Å². The maximum absolute atomic E-state index is 4.94. The molecule has 2 aliphatic heterocycles. The van der Waals surface area contributed by atoms with Gasteiger partial charge in [-0.05, 0) is 58.2 Å². The molecule has 0 bridgehead atoms. The summed E-state index contributed by atoms with van der Waals surface area (Å²) in [6.07, 6.45) is 4.94. The molecule has 2 fully saturated rings. The first kappa shape index (κ1) is 24.4. The average Bonchev–Trinajstić information content (AvgIpc) is 3.17. The number of nitrogens with one attached hydrogen (secondary N) is 2. The third-order valence-corrected chi connectivity index (χ3v) is 6.29. The lowest BCUT2D eigenvalue weighted by molar-refractivity contribution is 0.134. The van der Waals surface area contributed by atoms with Crippen LogP contribution in [0.3, 0.4) is 0 Å². The van der Waals surface area contributed by atoms with Crippen LogP contribution in [-0.4, -0.2) is 66.6 Å². The van der Waals surface area contributed by atoms with E-state index >= 15 is 0 Å². The lowest BCUT2D eigenvalue weighted by Gasteiger charge is -2.38. The zero-order valence-corrected chi connectivity index (χ0v) is 20.8. The van der Waals surface area contributed by atoms with E-state index in [1.54, 1.807) is 0 Å². The number of halogens is 1. The molecule has 29 heavy (non-hydrogen) atoms. The second kappa shape index (κ2) is 12.7. The minimum Gasteiger partial charge on any atom is -0.357 e. The number of nitrogens with zero attached hydrogens (tertiary/aromatic N) is 3. The summed E-state index contributed by atoms with van der Waals surface area (Å²) in [4.78, 5) is 10.1. The van der Waals surface area contributed by atoms with Crippen LogP contribution < -0.4 is 10.6 Å². The molecule has 1 aromatic carbocycles. The molecule has 0 radical (unpaired) electrons. The van der Waals surface area contributed by atoms with Gasteiger partial charge < -0.3 is 10.6 Å². The number of guanidine groups is 1. The van der Waals surface area contributed by atoms with Gasteiger partial charge in [0.1, 0.15) is 0 Å². The molecule has 0 saturated carbocycles. The third-order valence-electron chi connectivity index (χ3n) is 6.29. The largest absolute Gasteiger partial charge is 0.357 e. The van der Waals surface area contributed by atoms with Gasteiger partial charge in [0.25, 0.3) is 0 Å². The minimum absolute atomic E-state index is 0. The van der Waals surface area contributed by atoms with Gasteiger partial charge in [0.15, 0.2) is 5.96 Å². The van der Waals surface area contributed by atoms with Crippen molar-refractivity contribution in [1.29, 1.82) is 0 Å². The molecular formula is C23H40IN5. The lowest BCUT2D eigenvalue weighted by atomic mass is 9.97. The second-order valence-electron chi connectivity index (χ2n) is 8.32. The molecule has 1 aromatic rings. The summed E-state index contributed by atoms with van der Waals surface area (Å²) in [6.45, 7) is 13.2. The van der Waals surface area contributed by atoms with Crippen LogP contribution in [0.4, 0.5) is 0 Å². The number of rotatable bonds is 7. The SMILES string of the molecule is CCNC(=NCC1CCCN1CC)NC1CCN(Cc2ccccc2)C(C)C1.I. The van der Waals surface area contributed by atoms with Crippen molar-refractivity contribution in [3.8, 4) is 0 Å². The molecule has 0 aliphatic carbocycles. The smallest absolute Gasteiger partial charge is 0.191 e. The van der Waals surface area contributed by atoms with Crippen molar-refractivity contribution in [3.05, 3.63) is 35.9 Å². The van der Waals surface area contributed by atoms with E-state index in [-0.39, 0.29) is 24.0 Å². The summed E-state index contributed by atoms with van der Waals surface area (Å²) < 4.78 is 0. The van der Waals surface area contributed by atoms with E-state index in [0.29, 0.717) is 18.1 Å². The highest BCUT2D eigenvalue weighted by atomic mass is 127. The van der Waals surface area contributed by atoms with Crippen molar-refractivity contribution in [3.63, 3.8) is 0 Å². The normalized spacial score (nSPS) is 26.2. The second-order valence-corrected chi connectivity index (χ2v) is 8.32. The van der Waals surface area contributed by atoms with Gasteiger partial charge in [0.05, 0.1) is 6.54 Å². The number of likely N-dealkylation sites (tertiary alicyclic amines) is 2. The standard InChI is InChI=1S/C23H39N5.HI/c1-4-24-23(25-17-22-12-9-14-27(22)5-2)26-21-13-15-28(19(3)16-21)18-20-10-7-6-8-11-20;/h6-8,10-11,19,21-22H,4-5,9,12-18H2,1-3H3,(H2,24,25,26);1H. The Hall–Kier alpha value is -0.860. The molecule has 2 N–H and O–H groups in total. The van der Waals surface area contributed by atoms with Crippen molar-refractivity contribution in [2.75, 3.05) is 32.7 Å². The van der Waals surface area contributed by atoms with Gasteiger partial charge in [-0.25, -0.2) is 0 Å². The van der Waals surface area contributed by atoms with Crippen LogP contribution in [0.5, 0.6) is 0 Å². The first-order chi connectivity index (χ1) is 13.7. The van der Waals surface area contributed by atoms with E-state index in [1.807, 2.05) is 0 Å². The molecule has 164 valence electrons. The molecule has 3 atom stereocenters. The number of benzene rings is 1. The van der Waals surface area contributed by atoms with Gasteiger partial charge in [-0.3, -0.25) is 14.8 Å². The van der Waals surface area contributed by atoms with Crippen LogP contribution in [0.2, 0.25) is 0 Å². The summed E-state index contributed by atoms with van der Waals surface area (Å²) in [6, 6.07) is 12.5. The molecule has 0 spiro atoms. The van der Waals surface area contributed by atoms with Crippen LogP contribution in [0.1, 0.15) is 52.0 Å². The van der Waals surface area contributed by atoms with E-state index in [4.69, 9.17) is 4.99 Å². The predicted octanol–water partition coefficient (Wildman–Crippen LogP) is 3.70. The van der Waals surface area contributed by atoms with Gasteiger partial charge in [-0.15, -0.1) is 24.0 Å². The van der Waals surface area contributed by atoms with Crippen molar-refractivity contribution in [1.82, 2.24) is 20.4 Å². The molecular weight excluding hydrogens is 473 g/mol. The molecule has 2 saturated heterocycles. The molecule has 6 heteroatoms. The molecule has 2 aliphatic rings. The highest BCUT2D eigenvalue weighted by Gasteiger charge is 2.26. The molecule has 3 unspecified atom stereocenters. The summed E-state index contributed by atoms with van der Waals surface area (Å²) in [5.41, 5.74) is 1.41. The van der Waals surface area contributed by atoms with Crippen LogP contribution >= 0.6 is 24.0 Å². The van der Waals surface area contributed by atoms with Crippen molar-refractivity contribution in [2.45, 2.75) is 71.1 Å². The first-order valence-corrected chi connectivity index (χ1v) is 11.3. The Balaban J connectivity index is 0.00000300. The Morgan fingerprint density at radius 2 is 1.90 bits per heavy atom. The zero-order chi connectivity index (χ0) is 19.8. The molecule has 0 amide bonds. The Bertz CT molecular complexity index is 609. The van der Waals surface area contributed by atoms with Gasteiger partial charge in [-0.2, -0.15) is 0 Å². The van der Waals surface area contributed by atoms with E-state index < -0.39 is 0 Å².